The van der Waals surface area contributed by atoms with Gasteiger partial charge >= 0.3 is 6.03 Å². The van der Waals surface area contributed by atoms with E-state index in [9.17, 15) is 4.79 Å². The Kier molecular flexibility index (Phi) is 5.80. The maximum absolute atomic E-state index is 12.0. The van der Waals surface area contributed by atoms with Gasteiger partial charge in [0.2, 0.25) is 0 Å². The minimum atomic E-state index is -0.272. The van der Waals surface area contributed by atoms with Gasteiger partial charge in [-0.15, -0.1) is 0 Å². The molecule has 0 aromatic heterocycles. The van der Waals surface area contributed by atoms with E-state index < -0.39 is 0 Å². The van der Waals surface area contributed by atoms with E-state index in [-0.39, 0.29) is 19.2 Å². The van der Waals surface area contributed by atoms with E-state index in [1.165, 1.54) is 0 Å². The number of hydrogen-bond donors (Lipinski definition) is 3. The van der Waals surface area contributed by atoms with Crippen molar-refractivity contribution in [2.75, 3.05) is 18.5 Å². The second-order valence-electron chi connectivity index (χ2n) is 4.80. The molecule has 2 rings (SSSR count). The van der Waals surface area contributed by atoms with Crippen LogP contribution in [0.25, 0.3) is 0 Å². The highest BCUT2D eigenvalue weighted by atomic mass is 16.5. The molecule has 3 N–H and O–H groups in total. The van der Waals surface area contributed by atoms with E-state index in [0.29, 0.717) is 12.3 Å². The Labute approximate surface area is 129 Å². The Bertz CT molecular complexity index is 629. The molecule has 2 aromatic carbocycles. The van der Waals surface area contributed by atoms with Crippen LogP contribution in [0.4, 0.5) is 10.5 Å². The second-order valence-corrected chi connectivity index (χ2v) is 4.80. The Morgan fingerprint density at radius 3 is 2.64 bits per heavy atom. The summed E-state index contributed by atoms with van der Waals surface area (Å²) in [5.74, 6) is 0.660. The van der Waals surface area contributed by atoms with Crippen molar-refractivity contribution in [2.24, 2.45) is 0 Å². The van der Waals surface area contributed by atoms with Crippen molar-refractivity contribution < 1.29 is 14.6 Å². The fraction of sp³-hybridized carbons (Fsp3) is 0.235. The standard InChI is InChI=1S/C17H20N2O3/c1-13-6-2-4-8-15(13)19-17(21)18-12-14-7-3-5-9-16(14)22-11-10-20/h2-9,20H,10-12H2,1H3,(H2,18,19,21). The lowest BCUT2D eigenvalue weighted by Gasteiger charge is -2.12. The summed E-state index contributed by atoms with van der Waals surface area (Å²) in [6.07, 6.45) is 0. The molecular formula is C17H20N2O3. The number of carbonyl (C=O) groups excluding carboxylic acids is 1. The molecule has 0 aliphatic heterocycles. The smallest absolute Gasteiger partial charge is 0.319 e. The summed E-state index contributed by atoms with van der Waals surface area (Å²) in [5, 5.41) is 14.4. The number of anilines is 1. The van der Waals surface area contributed by atoms with Gasteiger partial charge in [-0.05, 0) is 24.6 Å². The Morgan fingerprint density at radius 1 is 1.14 bits per heavy atom. The fourth-order valence-corrected chi connectivity index (χ4v) is 2.00. The molecule has 5 heteroatoms. The number of aliphatic hydroxyl groups excluding tert-OH is 1. The largest absolute Gasteiger partial charge is 0.491 e. The first-order valence-corrected chi connectivity index (χ1v) is 7.12. The van der Waals surface area contributed by atoms with E-state index in [0.717, 1.165) is 16.8 Å². The lowest BCUT2D eigenvalue weighted by Crippen LogP contribution is -2.28. The van der Waals surface area contributed by atoms with Gasteiger partial charge in [-0.3, -0.25) is 0 Å². The van der Waals surface area contributed by atoms with Crippen LogP contribution in [0.5, 0.6) is 5.75 Å². The number of aryl methyl sites for hydroxylation is 1. The van der Waals surface area contributed by atoms with Crippen LogP contribution in [0.1, 0.15) is 11.1 Å². The molecule has 116 valence electrons. The number of para-hydroxylation sites is 2. The quantitative estimate of drug-likeness (QED) is 0.768. The third-order valence-corrected chi connectivity index (χ3v) is 3.15. The van der Waals surface area contributed by atoms with Crippen molar-refractivity contribution in [3.8, 4) is 5.75 Å². The predicted octanol–water partition coefficient (Wildman–Crippen LogP) is 2.69. The molecule has 0 heterocycles. The summed E-state index contributed by atoms with van der Waals surface area (Å²) >= 11 is 0. The predicted molar refractivity (Wildman–Crippen MR) is 86.1 cm³/mol. The number of nitrogens with one attached hydrogen (secondary N) is 2. The minimum Gasteiger partial charge on any atom is -0.491 e. The SMILES string of the molecule is Cc1ccccc1NC(=O)NCc1ccccc1OCCO. The van der Waals surface area contributed by atoms with E-state index in [1.54, 1.807) is 0 Å². The Hall–Kier alpha value is -2.53. The van der Waals surface area contributed by atoms with Crippen molar-refractivity contribution in [1.82, 2.24) is 5.32 Å². The highest BCUT2D eigenvalue weighted by Crippen LogP contribution is 2.18. The summed E-state index contributed by atoms with van der Waals surface area (Å²) in [5.41, 5.74) is 2.64. The zero-order valence-corrected chi connectivity index (χ0v) is 12.5. The average Bonchev–Trinajstić information content (AvgIpc) is 2.54. The zero-order chi connectivity index (χ0) is 15.8. The minimum absolute atomic E-state index is 0.0461. The van der Waals surface area contributed by atoms with Gasteiger partial charge in [0.15, 0.2) is 0 Å². The van der Waals surface area contributed by atoms with Crippen LogP contribution in [-0.2, 0) is 6.54 Å². The first kappa shape index (κ1) is 15.9. The van der Waals surface area contributed by atoms with Gasteiger partial charge in [0.05, 0.1) is 6.61 Å². The van der Waals surface area contributed by atoms with Gasteiger partial charge in [-0.1, -0.05) is 36.4 Å². The number of ether oxygens (including phenoxy) is 1. The molecule has 0 unspecified atom stereocenters. The molecule has 5 nitrogen and oxygen atoms in total. The van der Waals surface area contributed by atoms with Crippen molar-refractivity contribution in [1.29, 1.82) is 0 Å². The van der Waals surface area contributed by atoms with Gasteiger partial charge in [-0.2, -0.15) is 0 Å². The fourth-order valence-electron chi connectivity index (χ4n) is 2.00. The molecule has 0 radical (unpaired) electrons. The number of benzene rings is 2. The zero-order valence-electron chi connectivity index (χ0n) is 12.5. The topological polar surface area (TPSA) is 70.6 Å². The van der Waals surface area contributed by atoms with Crippen molar-refractivity contribution >= 4 is 11.7 Å². The van der Waals surface area contributed by atoms with Gasteiger partial charge in [0.1, 0.15) is 12.4 Å². The van der Waals surface area contributed by atoms with Crippen molar-refractivity contribution in [3.05, 3.63) is 59.7 Å². The Balaban J connectivity index is 1.92. The molecule has 0 bridgehead atoms. The highest BCUT2D eigenvalue weighted by molar-refractivity contribution is 5.90. The molecule has 2 aromatic rings. The van der Waals surface area contributed by atoms with Gasteiger partial charge < -0.3 is 20.5 Å². The molecule has 0 saturated carbocycles. The molecule has 0 saturated heterocycles. The number of urea groups is 1. The number of hydrogen-bond acceptors (Lipinski definition) is 3. The van der Waals surface area contributed by atoms with E-state index in [1.807, 2.05) is 55.5 Å². The maximum atomic E-state index is 12.0. The summed E-state index contributed by atoms with van der Waals surface area (Å²) < 4.78 is 5.43. The van der Waals surface area contributed by atoms with Gasteiger partial charge in [-0.25, -0.2) is 4.79 Å². The molecule has 0 fully saturated rings. The van der Waals surface area contributed by atoms with Crippen LogP contribution < -0.4 is 15.4 Å². The number of carbonyl (C=O) groups is 1. The average molecular weight is 300 g/mol. The second kappa shape index (κ2) is 8.05. The third kappa shape index (κ3) is 4.49. The molecule has 2 amide bonds. The molecule has 0 aliphatic carbocycles. The van der Waals surface area contributed by atoms with E-state index in [4.69, 9.17) is 9.84 Å². The van der Waals surface area contributed by atoms with E-state index in [2.05, 4.69) is 10.6 Å². The lowest BCUT2D eigenvalue weighted by atomic mass is 10.2. The first-order valence-electron chi connectivity index (χ1n) is 7.12. The summed E-state index contributed by atoms with van der Waals surface area (Å²) in [7, 11) is 0. The van der Waals surface area contributed by atoms with E-state index >= 15 is 0 Å². The molecule has 0 spiro atoms. The summed E-state index contributed by atoms with van der Waals surface area (Å²) in [6, 6.07) is 14.7. The monoisotopic (exact) mass is 300 g/mol. The van der Waals surface area contributed by atoms with Crippen molar-refractivity contribution in [3.63, 3.8) is 0 Å². The van der Waals surface area contributed by atoms with Crippen LogP contribution in [0.15, 0.2) is 48.5 Å². The maximum Gasteiger partial charge on any atom is 0.319 e. The van der Waals surface area contributed by atoms with Crippen LogP contribution >= 0.6 is 0 Å². The summed E-state index contributed by atoms with van der Waals surface area (Å²) in [4.78, 5) is 12.0. The normalized spacial score (nSPS) is 10.1. The van der Waals surface area contributed by atoms with Crippen molar-refractivity contribution in [2.45, 2.75) is 13.5 Å². The van der Waals surface area contributed by atoms with Crippen LogP contribution in [0.2, 0.25) is 0 Å². The lowest BCUT2D eigenvalue weighted by molar-refractivity contribution is 0.200. The molecule has 22 heavy (non-hydrogen) atoms. The molecule has 0 aliphatic rings. The Morgan fingerprint density at radius 2 is 1.86 bits per heavy atom. The third-order valence-electron chi connectivity index (χ3n) is 3.15. The highest BCUT2D eigenvalue weighted by Gasteiger charge is 2.06. The van der Waals surface area contributed by atoms with Crippen LogP contribution in [-0.4, -0.2) is 24.4 Å². The van der Waals surface area contributed by atoms with Gasteiger partial charge in [0.25, 0.3) is 0 Å². The molecule has 0 atom stereocenters. The molecular weight excluding hydrogens is 280 g/mol. The van der Waals surface area contributed by atoms with Crippen LogP contribution in [0, 0.1) is 6.92 Å². The van der Waals surface area contributed by atoms with Gasteiger partial charge in [0, 0.05) is 17.8 Å². The number of amides is 2. The first-order chi connectivity index (χ1) is 10.7. The summed E-state index contributed by atoms with van der Waals surface area (Å²) in [6.45, 7) is 2.47. The number of rotatable bonds is 6. The number of aliphatic hydroxyl groups is 1. The van der Waals surface area contributed by atoms with Crippen LogP contribution in [0.3, 0.4) is 0 Å².